The molecule has 2 N–H and O–H groups in total. The lowest BCUT2D eigenvalue weighted by atomic mass is 10.0. The number of hydrogen-bond donors (Lipinski definition) is 2. The van der Waals surface area contributed by atoms with Crippen LogP contribution in [0.1, 0.15) is 19.8 Å². The van der Waals surface area contributed by atoms with Gasteiger partial charge in [-0.2, -0.15) is 0 Å². The minimum atomic E-state index is -0.477. The third kappa shape index (κ3) is 5.47. The van der Waals surface area contributed by atoms with E-state index in [1.165, 1.54) is 5.69 Å². The Bertz CT molecular complexity index is 1090. The Morgan fingerprint density at radius 3 is 2.22 bits per heavy atom. The highest BCUT2D eigenvalue weighted by Crippen LogP contribution is 2.34. The topological polar surface area (TPSA) is 86.2 Å². The van der Waals surface area contributed by atoms with Gasteiger partial charge in [0.1, 0.15) is 12.3 Å². The molecule has 10 heteroatoms. The number of nitro benzene ring substituents is 1. The summed E-state index contributed by atoms with van der Waals surface area (Å²) in [6, 6.07) is 13.9. The Kier molecular flexibility index (Phi) is 7.11. The summed E-state index contributed by atoms with van der Waals surface area (Å²) < 4.78 is 5.83. The van der Waals surface area contributed by atoms with E-state index in [1.807, 2.05) is 25.1 Å². The molecule has 0 unspecified atom stereocenters. The van der Waals surface area contributed by atoms with Crippen LogP contribution in [0.5, 0.6) is 5.75 Å². The number of nitrogens with zero attached hydrogens (tertiary/aromatic N) is 4. The molecule has 0 bridgehead atoms. The summed E-state index contributed by atoms with van der Waals surface area (Å²) in [5.74, 6) is 0.286. The fourth-order valence-corrected chi connectivity index (χ4v) is 5.38. The van der Waals surface area contributed by atoms with E-state index in [0.29, 0.717) is 6.04 Å². The van der Waals surface area contributed by atoms with Crippen LogP contribution >= 0.6 is 11.6 Å². The number of rotatable bonds is 7. The molecule has 0 radical (unpaired) electrons. The number of nitrogens with one attached hydrogen (secondary N) is 2. The van der Waals surface area contributed by atoms with E-state index in [4.69, 9.17) is 16.3 Å². The maximum Gasteiger partial charge on any atom is 0.312 e. The van der Waals surface area contributed by atoms with Crippen molar-refractivity contribution in [3.63, 3.8) is 0 Å². The van der Waals surface area contributed by atoms with E-state index in [2.05, 4.69) is 37.5 Å². The second kappa shape index (κ2) is 10.4. The fraction of sp³-hybridized carbons (Fsp3) is 0.462. The van der Waals surface area contributed by atoms with Gasteiger partial charge in [-0.1, -0.05) is 11.6 Å². The summed E-state index contributed by atoms with van der Waals surface area (Å²) in [5.41, 5.74) is 1.63. The van der Waals surface area contributed by atoms with Crippen molar-refractivity contribution in [2.75, 3.05) is 55.7 Å². The zero-order valence-electron chi connectivity index (χ0n) is 20.5. The molecule has 0 atom stereocenters. The SMILES string of the molecule is CC1(COc2ccc(N3CCC(N4CCN(c5ccc(Cl)cc5)CC4)CC3)cc2[N+](=O)[O-])NC=CN1. The van der Waals surface area contributed by atoms with E-state index in [0.717, 1.165) is 62.8 Å². The average molecular weight is 513 g/mol. The average Bonchev–Trinajstić information content (AvgIpc) is 3.34. The van der Waals surface area contributed by atoms with Crippen molar-refractivity contribution in [3.8, 4) is 5.75 Å². The monoisotopic (exact) mass is 512 g/mol. The van der Waals surface area contributed by atoms with Crippen molar-refractivity contribution in [2.45, 2.75) is 31.5 Å². The van der Waals surface area contributed by atoms with Gasteiger partial charge in [0.05, 0.1) is 4.92 Å². The first-order valence-corrected chi connectivity index (χ1v) is 12.9. The molecule has 0 spiro atoms. The minimum Gasteiger partial charge on any atom is -0.482 e. The highest BCUT2D eigenvalue weighted by Gasteiger charge is 2.30. The molecule has 2 saturated heterocycles. The summed E-state index contributed by atoms with van der Waals surface area (Å²) in [4.78, 5) is 18.7. The Labute approximate surface area is 216 Å². The van der Waals surface area contributed by atoms with Crippen molar-refractivity contribution >= 4 is 28.7 Å². The van der Waals surface area contributed by atoms with Gasteiger partial charge in [0.25, 0.3) is 0 Å². The molecule has 192 valence electrons. The number of benzene rings is 2. The van der Waals surface area contributed by atoms with Crippen molar-refractivity contribution in [1.29, 1.82) is 0 Å². The first kappa shape index (κ1) is 24.5. The molecule has 3 heterocycles. The summed E-state index contributed by atoms with van der Waals surface area (Å²) in [5, 5.41) is 18.9. The first-order valence-electron chi connectivity index (χ1n) is 12.5. The van der Waals surface area contributed by atoms with E-state index in [9.17, 15) is 10.1 Å². The summed E-state index contributed by atoms with van der Waals surface area (Å²) in [7, 11) is 0. The molecule has 2 aromatic carbocycles. The predicted molar refractivity (Wildman–Crippen MR) is 143 cm³/mol. The Balaban J connectivity index is 1.15. The van der Waals surface area contributed by atoms with Crippen LogP contribution in [-0.4, -0.2) is 67.4 Å². The molecular weight excluding hydrogens is 480 g/mol. The second-order valence-corrected chi connectivity index (χ2v) is 10.3. The number of hydrogen-bond acceptors (Lipinski definition) is 8. The number of piperazine rings is 1. The van der Waals surface area contributed by atoms with E-state index >= 15 is 0 Å². The molecular formula is C26H33ClN6O3. The fourth-order valence-electron chi connectivity index (χ4n) is 5.25. The third-order valence-corrected chi connectivity index (χ3v) is 7.65. The highest BCUT2D eigenvalue weighted by molar-refractivity contribution is 6.30. The van der Waals surface area contributed by atoms with Crippen LogP contribution in [-0.2, 0) is 0 Å². The molecule has 9 nitrogen and oxygen atoms in total. The van der Waals surface area contributed by atoms with Crippen LogP contribution in [0.15, 0.2) is 54.9 Å². The maximum atomic E-state index is 11.8. The van der Waals surface area contributed by atoms with Crippen LogP contribution in [0, 0.1) is 10.1 Å². The van der Waals surface area contributed by atoms with Gasteiger partial charge in [0.2, 0.25) is 0 Å². The van der Waals surface area contributed by atoms with E-state index in [1.54, 1.807) is 24.5 Å². The van der Waals surface area contributed by atoms with Gasteiger partial charge in [0.15, 0.2) is 5.75 Å². The number of halogens is 1. The predicted octanol–water partition coefficient (Wildman–Crippen LogP) is 3.80. The standard InChI is InChI=1S/C26H33ClN6O3/c1-26(28-10-11-29-26)19-36-25-7-6-23(18-24(25)33(34)35)30-12-8-22(9-13-30)32-16-14-31(15-17-32)21-4-2-20(27)3-5-21/h2-7,10-11,18,22,28-29H,8-9,12-17,19H2,1H3. The van der Waals surface area contributed by atoms with Crippen LogP contribution in [0.4, 0.5) is 17.1 Å². The van der Waals surface area contributed by atoms with Crippen LogP contribution < -0.4 is 25.2 Å². The number of anilines is 2. The number of nitro groups is 1. The minimum absolute atomic E-state index is 0.00232. The third-order valence-electron chi connectivity index (χ3n) is 7.39. The molecule has 0 aromatic heterocycles. The molecule has 0 saturated carbocycles. The van der Waals surface area contributed by atoms with Crippen molar-refractivity contribution in [2.24, 2.45) is 0 Å². The Hall–Kier alpha value is -3.17. The van der Waals surface area contributed by atoms with Gasteiger partial charge in [0, 0.05) is 80.2 Å². The zero-order chi connectivity index (χ0) is 25.1. The highest BCUT2D eigenvalue weighted by atomic mass is 35.5. The van der Waals surface area contributed by atoms with Gasteiger partial charge in [-0.15, -0.1) is 0 Å². The Morgan fingerprint density at radius 2 is 1.58 bits per heavy atom. The lowest BCUT2D eigenvalue weighted by Crippen LogP contribution is -2.53. The lowest BCUT2D eigenvalue weighted by molar-refractivity contribution is -0.385. The van der Waals surface area contributed by atoms with Crippen LogP contribution in [0.3, 0.4) is 0 Å². The normalized spacial score (nSPS) is 20.2. The molecule has 3 aliphatic heterocycles. The van der Waals surface area contributed by atoms with Gasteiger partial charge in [-0.3, -0.25) is 15.0 Å². The molecule has 0 aliphatic carbocycles. The van der Waals surface area contributed by atoms with Crippen molar-refractivity contribution in [1.82, 2.24) is 15.5 Å². The van der Waals surface area contributed by atoms with Gasteiger partial charge >= 0.3 is 5.69 Å². The maximum absolute atomic E-state index is 11.8. The molecule has 0 amide bonds. The van der Waals surface area contributed by atoms with Gasteiger partial charge in [-0.25, -0.2) is 0 Å². The largest absolute Gasteiger partial charge is 0.482 e. The molecule has 2 aromatic rings. The summed E-state index contributed by atoms with van der Waals surface area (Å²) in [6.07, 6.45) is 5.69. The first-order chi connectivity index (χ1) is 17.4. The van der Waals surface area contributed by atoms with Crippen molar-refractivity contribution < 1.29 is 9.66 Å². The summed E-state index contributed by atoms with van der Waals surface area (Å²) >= 11 is 6.03. The molecule has 5 rings (SSSR count). The second-order valence-electron chi connectivity index (χ2n) is 9.87. The molecule has 36 heavy (non-hydrogen) atoms. The molecule has 2 fully saturated rings. The number of piperidine rings is 1. The van der Waals surface area contributed by atoms with E-state index in [-0.39, 0.29) is 23.0 Å². The number of ether oxygens (including phenoxy) is 1. The Morgan fingerprint density at radius 1 is 0.972 bits per heavy atom. The van der Waals surface area contributed by atoms with E-state index < -0.39 is 5.66 Å². The smallest absolute Gasteiger partial charge is 0.312 e. The lowest BCUT2D eigenvalue weighted by Gasteiger charge is -2.43. The van der Waals surface area contributed by atoms with Gasteiger partial charge in [-0.05, 0) is 56.2 Å². The zero-order valence-corrected chi connectivity index (χ0v) is 21.3. The van der Waals surface area contributed by atoms with Crippen LogP contribution in [0.2, 0.25) is 5.02 Å². The molecule has 3 aliphatic rings. The van der Waals surface area contributed by atoms with Crippen LogP contribution in [0.25, 0.3) is 0 Å². The van der Waals surface area contributed by atoms with Gasteiger partial charge < -0.3 is 25.2 Å². The summed E-state index contributed by atoms with van der Waals surface area (Å²) in [6.45, 7) is 8.08. The van der Waals surface area contributed by atoms with Crippen molar-refractivity contribution in [3.05, 3.63) is 70.0 Å². The quantitative estimate of drug-likeness (QED) is 0.428.